The SMILES string of the molecule is CCOP(=S)(NC(C)=O)SC(C)CC. The molecule has 14 heavy (non-hydrogen) atoms. The summed E-state index contributed by atoms with van der Waals surface area (Å²) in [5.74, 6) is -0.113. The summed E-state index contributed by atoms with van der Waals surface area (Å²) in [5, 5.41) is 3.17. The standard InChI is InChI=1S/C8H18NO2PS2/c1-5-7(3)14-12(13,11-6-2)9-8(4)10/h7H,5-6H2,1-4H3,(H,9,10,13). The molecule has 0 radical (unpaired) electrons. The van der Waals surface area contributed by atoms with Gasteiger partial charge in [0, 0.05) is 12.2 Å². The van der Waals surface area contributed by atoms with Crippen LogP contribution in [0.25, 0.3) is 0 Å². The number of carbonyl (C=O) groups is 1. The molecule has 0 aliphatic carbocycles. The van der Waals surface area contributed by atoms with Crippen LogP contribution in [-0.2, 0) is 21.1 Å². The zero-order valence-electron chi connectivity index (χ0n) is 9.07. The van der Waals surface area contributed by atoms with E-state index >= 15 is 0 Å². The summed E-state index contributed by atoms with van der Waals surface area (Å²) in [6.07, 6.45) is 1.02. The molecule has 0 aromatic carbocycles. The molecule has 0 saturated heterocycles. The number of hydrogen-bond donors (Lipinski definition) is 1. The molecule has 0 rings (SSSR count). The van der Waals surface area contributed by atoms with Gasteiger partial charge in [0.2, 0.25) is 11.5 Å². The average molecular weight is 255 g/mol. The summed E-state index contributed by atoms with van der Waals surface area (Å²) < 4.78 is 5.47. The minimum absolute atomic E-state index is 0.113. The van der Waals surface area contributed by atoms with Crippen molar-refractivity contribution in [2.24, 2.45) is 0 Å². The van der Waals surface area contributed by atoms with Gasteiger partial charge in [-0.05, 0) is 25.2 Å². The van der Waals surface area contributed by atoms with Crippen molar-refractivity contribution in [3.05, 3.63) is 0 Å². The van der Waals surface area contributed by atoms with E-state index < -0.39 is 5.62 Å². The van der Waals surface area contributed by atoms with Crippen LogP contribution in [0.2, 0.25) is 0 Å². The Morgan fingerprint density at radius 1 is 1.64 bits per heavy atom. The zero-order valence-corrected chi connectivity index (χ0v) is 11.6. The van der Waals surface area contributed by atoms with Gasteiger partial charge >= 0.3 is 0 Å². The number of amides is 1. The van der Waals surface area contributed by atoms with Gasteiger partial charge in [-0.1, -0.05) is 25.2 Å². The fourth-order valence-electron chi connectivity index (χ4n) is 0.763. The van der Waals surface area contributed by atoms with Crippen molar-refractivity contribution >= 4 is 34.7 Å². The van der Waals surface area contributed by atoms with E-state index in [4.69, 9.17) is 16.3 Å². The van der Waals surface area contributed by atoms with Gasteiger partial charge in [0.15, 0.2) is 0 Å². The Hall–Kier alpha value is 0.430. The minimum Gasteiger partial charge on any atom is -0.327 e. The molecule has 6 heteroatoms. The van der Waals surface area contributed by atoms with Crippen LogP contribution in [0.15, 0.2) is 0 Å². The van der Waals surface area contributed by atoms with Crippen LogP contribution in [0.5, 0.6) is 0 Å². The number of nitrogens with one attached hydrogen (secondary N) is 1. The molecule has 0 aliphatic rings. The van der Waals surface area contributed by atoms with E-state index in [1.54, 1.807) is 11.4 Å². The van der Waals surface area contributed by atoms with Gasteiger partial charge in [-0.3, -0.25) is 9.88 Å². The predicted octanol–water partition coefficient (Wildman–Crippen LogP) is 2.92. The number of rotatable bonds is 6. The summed E-state index contributed by atoms with van der Waals surface area (Å²) in [7, 11) is 0. The van der Waals surface area contributed by atoms with Crippen molar-refractivity contribution in [1.82, 2.24) is 5.09 Å². The molecule has 0 fully saturated rings. The van der Waals surface area contributed by atoms with Crippen LogP contribution >= 0.6 is 17.0 Å². The number of hydrogen-bond acceptors (Lipinski definition) is 4. The summed E-state index contributed by atoms with van der Waals surface area (Å²) >= 11 is 6.91. The molecule has 0 saturated carbocycles. The molecular weight excluding hydrogens is 237 g/mol. The van der Waals surface area contributed by atoms with Crippen LogP contribution in [0, 0.1) is 0 Å². The smallest absolute Gasteiger partial charge is 0.222 e. The van der Waals surface area contributed by atoms with E-state index in [-0.39, 0.29) is 5.91 Å². The minimum atomic E-state index is -2.20. The Morgan fingerprint density at radius 3 is 2.57 bits per heavy atom. The molecule has 0 aliphatic heterocycles. The fourth-order valence-corrected chi connectivity index (χ4v) is 7.23. The molecule has 1 amide bonds. The molecule has 0 bridgehead atoms. The third kappa shape index (κ3) is 6.02. The lowest BCUT2D eigenvalue weighted by molar-refractivity contribution is -0.117. The van der Waals surface area contributed by atoms with Gasteiger partial charge in [-0.2, -0.15) is 0 Å². The predicted molar refractivity (Wildman–Crippen MR) is 67.1 cm³/mol. The lowest BCUT2D eigenvalue weighted by Gasteiger charge is -2.23. The van der Waals surface area contributed by atoms with E-state index in [9.17, 15) is 4.79 Å². The Bertz CT molecular complexity index is 235. The van der Waals surface area contributed by atoms with Crippen molar-refractivity contribution < 1.29 is 9.32 Å². The summed E-state index contributed by atoms with van der Waals surface area (Å²) in [6, 6.07) is 0. The first kappa shape index (κ1) is 14.4. The van der Waals surface area contributed by atoms with Crippen LogP contribution < -0.4 is 5.09 Å². The van der Waals surface area contributed by atoms with Crippen molar-refractivity contribution in [1.29, 1.82) is 0 Å². The van der Waals surface area contributed by atoms with Crippen LogP contribution in [0.4, 0.5) is 0 Å². The second-order valence-electron chi connectivity index (χ2n) is 2.91. The Labute approximate surface area is 95.3 Å². The van der Waals surface area contributed by atoms with Crippen LogP contribution in [0.3, 0.4) is 0 Å². The molecule has 0 spiro atoms. The first-order valence-corrected chi connectivity index (χ1v) is 8.85. The van der Waals surface area contributed by atoms with Crippen molar-refractivity contribution in [3.63, 3.8) is 0 Å². The summed E-state index contributed by atoms with van der Waals surface area (Å²) in [4.78, 5) is 11.0. The van der Waals surface area contributed by atoms with E-state index in [1.807, 2.05) is 6.92 Å². The van der Waals surface area contributed by atoms with E-state index in [1.165, 1.54) is 6.92 Å². The van der Waals surface area contributed by atoms with Gasteiger partial charge in [0.1, 0.15) is 0 Å². The van der Waals surface area contributed by atoms with Crippen molar-refractivity contribution in [3.8, 4) is 0 Å². The molecule has 0 heterocycles. The highest BCUT2D eigenvalue weighted by Crippen LogP contribution is 2.58. The molecule has 0 aromatic heterocycles. The summed E-state index contributed by atoms with van der Waals surface area (Å²) in [6.45, 7) is 8.09. The highest BCUT2D eigenvalue weighted by atomic mass is 32.9. The molecule has 84 valence electrons. The quantitative estimate of drug-likeness (QED) is 0.741. The monoisotopic (exact) mass is 255 g/mol. The lowest BCUT2D eigenvalue weighted by Crippen LogP contribution is -2.17. The first-order valence-electron chi connectivity index (χ1n) is 4.65. The largest absolute Gasteiger partial charge is 0.327 e. The molecular formula is C8H18NO2PS2. The first-order chi connectivity index (χ1) is 6.43. The molecule has 2 atom stereocenters. The highest BCUT2D eigenvalue weighted by Gasteiger charge is 2.21. The van der Waals surface area contributed by atoms with Crippen molar-refractivity contribution in [2.75, 3.05) is 6.61 Å². The van der Waals surface area contributed by atoms with Gasteiger partial charge < -0.3 is 4.52 Å². The van der Waals surface area contributed by atoms with E-state index in [0.717, 1.165) is 6.42 Å². The fraction of sp³-hybridized carbons (Fsp3) is 0.875. The lowest BCUT2D eigenvalue weighted by atomic mass is 10.4. The number of carbonyl (C=O) groups excluding carboxylic acids is 1. The van der Waals surface area contributed by atoms with Gasteiger partial charge in [-0.25, -0.2) is 0 Å². The summed E-state index contributed by atoms with van der Waals surface area (Å²) in [5.41, 5.74) is -2.20. The Kier molecular flexibility index (Phi) is 7.04. The normalized spacial score (nSPS) is 17.1. The van der Waals surface area contributed by atoms with Gasteiger partial charge in [0.25, 0.3) is 0 Å². The average Bonchev–Trinajstić information content (AvgIpc) is 2.02. The Balaban J connectivity index is 4.38. The molecule has 1 N–H and O–H groups in total. The maximum atomic E-state index is 11.0. The maximum absolute atomic E-state index is 11.0. The third-order valence-corrected chi connectivity index (χ3v) is 7.51. The van der Waals surface area contributed by atoms with Crippen molar-refractivity contribution in [2.45, 2.75) is 39.4 Å². The van der Waals surface area contributed by atoms with Crippen LogP contribution in [-0.4, -0.2) is 17.8 Å². The second-order valence-corrected chi connectivity index (χ2v) is 9.81. The second kappa shape index (κ2) is 6.83. The van der Waals surface area contributed by atoms with E-state index in [2.05, 4.69) is 18.9 Å². The molecule has 2 unspecified atom stereocenters. The van der Waals surface area contributed by atoms with Crippen LogP contribution in [0.1, 0.15) is 34.1 Å². The Morgan fingerprint density at radius 2 is 2.21 bits per heavy atom. The zero-order chi connectivity index (χ0) is 11.2. The van der Waals surface area contributed by atoms with Gasteiger partial charge in [0.05, 0.1) is 6.61 Å². The highest BCUT2D eigenvalue weighted by molar-refractivity contribution is 8.69. The maximum Gasteiger partial charge on any atom is 0.222 e. The molecule has 3 nitrogen and oxygen atoms in total. The molecule has 0 aromatic rings. The van der Waals surface area contributed by atoms with Gasteiger partial charge in [-0.15, -0.1) is 0 Å². The van der Waals surface area contributed by atoms with E-state index in [0.29, 0.717) is 11.9 Å². The topological polar surface area (TPSA) is 38.3 Å². The third-order valence-electron chi connectivity index (χ3n) is 1.49.